The number of hydrogen-bond donors (Lipinski definition) is 0. The van der Waals surface area contributed by atoms with Crippen molar-refractivity contribution >= 4 is 32.6 Å². The minimum atomic E-state index is -0.285. The van der Waals surface area contributed by atoms with Crippen LogP contribution in [0.25, 0.3) is 10.2 Å². The van der Waals surface area contributed by atoms with E-state index in [9.17, 15) is 9.18 Å². The molecule has 0 aliphatic carbocycles. The Bertz CT molecular complexity index is 973. The molecule has 0 radical (unpaired) electrons. The molecule has 4 rings (SSSR count). The minimum absolute atomic E-state index is 0.0559. The fourth-order valence-electron chi connectivity index (χ4n) is 3.64. The zero-order chi connectivity index (χ0) is 20.8. The molecule has 2 heterocycles. The molecule has 1 aliphatic rings. The Kier molecular flexibility index (Phi) is 7.04. The van der Waals surface area contributed by atoms with Gasteiger partial charge in [-0.2, -0.15) is 0 Å². The van der Waals surface area contributed by atoms with Gasteiger partial charge in [0.15, 0.2) is 5.13 Å². The summed E-state index contributed by atoms with van der Waals surface area (Å²) < 4.78 is 19.8. The average Bonchev–Trinajstić information content (AvgIpc) is 3.19. The van der Waals surface area contributed by atoms with Crippen molar-refractivity contribution in [3.8, 4) is 0 Å². The van der Waals surface area contributed by atoms with Gasteiger partial charge in [-0.15, -0.1) is 0 Å². The first-order chi connectivity index (χ1) is 14.7. The molecule has 0 unspecified atom stereocenters. The van der Waals surface area contributed by atoms with Gasteiger partial charge in [0, 0.05) is 32.6 Å². The van der Waals surface area contributed by atoms with Gasteiger partial charge in [0.2, 0.25) is 5.91 Å². The maximum Gasteiger partial charge on any atom is 0.229 e. The Hall–Kier alpha value is -2.35. The fraction of sp³-hybridized carbons (Fsp3) is 0.391. The summed E-state index contributed by atoms with van der Waals surface area (Å²) >= 11 is 1.38. The van der Waals surface area contributed by atoms with Crippen LogP contribution in [0.3, 0.4) is 0 Å². The van der Waals surface area contributed by atoms with Crippen LogP contribution in [0.4, 0.5) is 9.52 Å². The molecule has 1 saturated heterocycles. The Balaban J connectivity index is 1.46. The van der Waals surface area contributed by atoms with Crippen molar-refractivity contribution in [2.45, 2.75) is 19.3 Å². The summed E-state index contributed by atoms with van der Waals surface area (Å²) in [7, 11) is 0. The summed E-state index contributed by atoms with van der Waals surface area (Å²) in [5.74, 6) is -0.229. The summed E-state index contributed by atoms with van der Waals surface area (Å²) in [5, 5.41) is 0.649. The van der Waals surface area contributed by atoms with Crippen LogP contribution >= 0.6 is 11.3 Å². The van der Waals surface area contributed by atoms with Crippen molar-refractivity contribution in [2.75, 3.05) is 44.3 Å². The van der Waals surface area contributed by atoms with Crippen molar-refractivity contribution in [3.63, 3.8) is 0 Å². The lowest BCUT2D eigenvalue weighted by molar-refractivity contribution is -0.118. The van der Waals surface area contributed by atoms with E-state index in [2.05, 4.69) is 9.88 Å². The number of carbonyl (C=O) groups excluding carboxylic acids is 1. The predicted octanol–water partition coefficient (Wildman–Crippen LogP) is 4.12. The molecule has 158 valence electrons. The molecule has 0 atom stereocenters. The van der Waals surface area contributed by atoms with Gasteiger partial charge < -0.3 is 4.74 Å². The monoisotopic (exact) mass is 427 g/mol. The van der Waals surface area contributed by atoms with Crippen molar-refractivity contribution < 1.29 is 13.9 Å². The third-order valence-electron chi connectivity index (χ3n) is 5.30. The molecule has 2 aromatic carbocycles. The standard InChI is InChI=1S/C23H26FN3O2S/c24-19-8-9-20-21(17-19)30-23(25-20)27(12-4-11-26-13-15-29-16-14-26)22(28)10-7-18-5-2-1-3-6-18/h1-3,5-6,8-9,17H,4,7,10-16H2. The van der Waals surface area contributed by atoms with Crippen molar-refractivity contribution in [3.05, 3.63) is 59.9 Å². The molecule has 30 heavy (non-hydrogen) atoms. The van der Waals surface area contributed by atoms with Gasteiger partial charge in [-0.1, -0.05) is 41.7 Å². The van der Waals surface area contributed by atoms with Gasteiger partial charge in [0.25, 0.3) is 0 Å². The van der Waals surface area contributed by atoms with Gasteiger partial charge in [0.1, 0.15) is 5.82 Å². The van der Waals surface area contributed by atoms with Crippen LogP contribution in [0.15, 0.2) is 48.5 Å². The molecule has 1 aliphatic heterocycles. The number of aryl methyl sites for hydroxylation is 1. The third kappa shape index (κ3) is 5.41. The van der Waals surface area contributed by atoms with Crippen LogP contribution in [0.5, 0.6) is 0 Å². The minimum Gasteiger partial charge on any atom is -0.379 e. The van der Waals surface area contributed by atoms with Gasteiger partial charge >= 0.3 is 0 Å². The van der Waals surface area contributed by atoms with E-state index >= 15 is 0 Å². The second-order valence-corrected chi connectivity index (χ2v) is 8.46. The molecule has 1 amide bonds. The fourth-order valence-corrected chi connectivity index (χ4v) is 4.67. The Labute approximate surface area is 180 Å². The molecule has 7 heteroatoms. The number of amides is 1. The van der Waals surface area contributed by atoms with E-state index in [0.29, 0.717) is 24.5 Å². The summed E-state index contributed by atoms with van der Waals surface area (Å²) in [6.45, 7) is 4.93. The van der Waals surface area contributed by atoms with Gasteiger partial charge in [-0.3, -0.25) is 14.6 Å². The van der Waals surface area contributed by atoms with Crippen molar-refractivity contribution in [1.82, 2.24) is 9.88 Å². The Morgan fingerprint density at radius 2 is 1.97 bits per heavy atom. The second-order valence-electron chi connectivity index (χ2n) is 7.45. The number of ether oxygens (including phenoxy) is 1. The number of morpholine rings is 1. The van der Waals surface area contributed by atoms with Crippen LogP contribution in [-0.2, 0) is 16.0 Å². The molecule has 3 aromatic rings. The maximum atomic E-state index is 13.6. The SMILES string of the molecule is O=C(CCc1ccccc1)N(CCCN1CCOCC1)c1nc2ccc(F)cc2s1. The molecular formula is C23H26FN3O2S. The number of hydrogen-bond acceptors (Lipinski definition) is 5. The Morgan fingerprint density at radius 1 is 1.17 bits per heavy atom. The van der Waals surface area contributed by atoms with Gasteiger partial charge in [-0.05, 0) is 36.6 Å². The van der Waals surface area contributed by atoms with E-state index < -0.39 is 0 Å². The first-order valence-electron chi connectivity index (χ1n) is 10.4. The zero-order valence-electron chi connectivity index (χ0n) is 16.9. The van der Waals surface area contributed by atoms with Crippen LogP contribution in [0, 0.1) is 5.82 Å². The lowest BCUT2D eigenvalue weighted by Crippen LogP contribution is -2.39. The largest absolute Gasteiger partial charge is 0.379 e. The predicted molar refractivity (Wildman–Crippen MR) is 119 cm³/mol. The highest BCUT2D eigenvalue weighted by molar-refractivity contribution is 7.22. The summed E-state index contributed by atoms with van der Waals surface area (Å²) in [6.07, 6.45) is 1.98. The highest BCUT2D eigenvalue weighted by Crippen LogP contribution is 2.30. The maximum absolute atomic E-state index is 13.6. The number of fused-ring (bicyclic) bond motifs is 1. The molecule has 5 nitrogen and oxygen atoms in total. The topological polar surface area (TPSA) is 45.7 Å². The van der Waals surface area contributed by atoms with E-state index in [4.69, 9.17) is 4.74 Å². The van der Waals surface area contributed by atoms with Crippen LogP contribution < -0.4 is 4.90 Å². The van der Waals surface area contributed by atoms with E-state index in [1.165, 1.54) is 23.5 Å². The number of benzene rings is 2. The number of halogens is 1. The number of carbonyl (C=O) groups is 1. The van der Waals surface area contributed by atoms with E-state index in [1.54, 1.807) is 11.0 Å². The number of rotatable bonds is 8. The number of anilines is 1. The van der Waals surface area contributed by atoms with E-state index in [1.807, 2.05) is 30.3 Å². The van der Waals surface area contributed by atoms with Gasteiger partial charge in [-0.25, -0.2) is 9.37 Å². The highest BCUT2D eigenvalue weighted by Gasteiger charge is 2.20. The smallest absolute Gasteiger partial charge is 0.229 e. The molecular weight excluding hydrogens is 401 g/mol. The number of thiazole rings is 1. The van der Waals surface area contributed by atoms with Crippen molar-refractivity contribution in [1.29, 1.82) is 0 Å². The van der Waals surface area contributed by atoms with E-state index in [-0.39, 0.29) is 11.7 Å². The highest BCUT2D eigenvalue weighted by atomic mass is 32.1. The van der Waals surface area contributed by atoms with Gasteiger partial charge in [0.05, 0.1) is 23.4 Å². The third-order valence-corrected chi connectivity index (χ3v) is 6.34. The molecule has 0 saturated carbocycles. The van der Waals surface area contributed by atoms with Crippen LogP contribution in [0.1, 0.15) is 18.4 Å². The lowest BCUT2D eigenvalue weighted by atomic mass is 10.1. The summed E-state index contributed by atoms with van der Waals surface area (Å²) in [5.41, 5.74) is 1.87. The quantitative estimate of drug-likeness (QED) is 0.542. The van der Waals surface area contributed by atoms with Crippen LogP contribution in [0.2, 0.25) is 0 Å². The summed E-state index contributed by atoms with van der Waals surface area (Å²) in [6, 6.07) is 14.6. The summed E-state index contributed by atoms with van der Waals surface area (Å²) in [4.78, 5) is 21.9. The number of nitrogens with zero attached hydrogens (tertiary/aromatic N) is 3. The zero-order valence-corrected chi connectivity index (χ0v) is 17.7. The lowest BCUT2D eigenvalue weighted by Gasteiger charge is -2.27. The molecule has 0 bridgehead atoms. The van der Waals surface area contributed by atoms with E-state index in [0.717, 1.165) is 55.0 Å². The Morgan fingerprint density at radius 3 is 2.77 bits per heavy atom. The average molecular weight is 428 g/mol. The van der Waals surface area contributed by atoms with Crippen molar-refractivity contribution in [2.24, 2.45) is 0 Å². The van der Waals surface area contributed by atoms with Crippen LogP contribution in [-0.4, -0.2) is 55.2 Å². The molecule has 0 N–H and O–H groups in total. The molecule has 1 fully saturated rings. The second kappa shape index (κ2) is 10.1. The number of aromatic nitrogens is 1. The first kappa shape index (κ1) is 20.9. The first-order valence-corrected chi connectivity index (χ1v) is 11.2. The molecule has 0 spiro atoms. The normalized spacial score (nSPS) is 14.8. The molecule has 1 aromatic heterocycles.